The topological polar surface area (TPSA) is 26.3 Å². The van der Waals surface area contributed by atoms with Crippen LogP contribution in [-0.4, -0.2) is 5.97 Å². The fraction of sp³-hybridized carbons (Fsp3) is 0.469. The molecule has 0 aromatic heterocycles. The van der Waals surface area contributed by atoms with E-state index in [0.717, 1.165) is 43.1 Å². The molecule has 2 saturated carbocycles. The Bertz CT molecular complexity index is 1090. The van der Waals surface area contributed by atoms with Crippen molar-refractivity contribution in [2.24, 2.45) is 17.8 Å². The number of carbonyl (C=O) groups excluding carboxylic acids is 1. The van der Waals surface area contributed by atoms with Crippen LogP contribution in [0, 0.1) is 29.4 Å². The highest BCUT2D eigenvalue weighted by Crippen LogP contribution is 2.48. The Balaban J connectivity index is 1.35. The first-order valence-corrected chi connectivity index (χ1v) is 13.5. The van der Waals surface area contributed by atoms with Gasteiger partial charge in [0.05, 0.1) is 5.56 Å². The second-order valence-electron chi connectivity index (χ2n) is 10.6. The maximum absolute atomic E-state index is 15.0. The summed E-state index contributed by atoms with van der Waals surface area (Å²) in [5.74, 6) is 0.943. The molecule has 0 N–H and O–H groups in total. The highest BCUT2D eigenvalue weighted by atomic mass is 19.1. The number of allylic oxidation sites excluding steroid dienone is 3. The molecule has 2 fully saturated rings. The summed E-state index contributed by atoms with van der Waals surface area (Å²) in [5, 5.41) is 0. The van der Waals surface area contributed by atoms with E-state index in [2.05, 4.69) is 6.58 Å². The zero-order valence-electron chi connectivity index (χ0n) is 21.4. The van der Waals surface area contributed by atoms with E-state index in [1.54, 1.807) is 12.1 Å². The molecule has 4 heteroatoms. The van der Waals surface area contributed by atoms with Gasteiger partial charge in [0.15, 0.2) is 0 Å². The minimum Gasteiger partial charge on any atom is -0.423 e. The number of esters is 1. The third kappa shape index (κ3) is 6.52. The number of halogens is 2. The zero-order chi connectivity index (χ0) is 25.5. The van der Waals surface area contributed by atoms with E-state index in [1.807, 2.05) is 31.2 Å². The van der Waals surface area contributed by atoms with E-state index >= 15 is 0 Å². The molecule has 4 unspecified atom stereocenters. The van der Waals surface area contributed by atoms with Gasteiger partial charge in [-0.1, -0.05) is 36.8 Å². The summed E-state index contributed by atoms with van der Waals surface area (Å²) < 4.78 is 34.7. The predicted molar refractivity (Wildman–Crippen MR) is 141 cm³/mol. The summed E-state index contributed by atoms with van der Waals surface area (Å²) in [6.07, 6.45) is 16.8. The number of benzene rings is 2. The number of aryl methyl sites for hydroxylation is 1. The molecule has 192 valence electrons. The van der Waals surface area contributed by atoms with Crippen LogP contribution < -0.4 is 4.74 Å². The molecule has 0 spiro atoms. The molecule has 2 aliphatic rings. The van der Waals surface area contributed by atoms with Crippen LogP contribution in [0.25, 0.3) is 0 Å². The average Bonchev–Trinajstić information content (AvgIpc) is 2.88. The molecular formula is C32H38F2O2. The lowest BCUT2D eigenvalue weighted by Gasteiger charge is -2.42. The van der Waals surface area contributed by atoms with Crippen molar-refractivity contribution in [3.8, 4) is 5.75 Å². The van der Waals surface area contributed by atoms with E-state index in [9.17, 15) is 13.6 Å². The molecule has 0 bridgehead atoms. The number of ether oxygens (including phenoxy) is 1. The Morgan fingerprint density at radius 3 is 2.56 bits per heavy atom. The van der Waals surface area contributed by atoms with Crippen LogP contribution in [0.2, 0.25) is 0 Å². The molecule has 0 heterocycles. The van der Waals surface area contributed by atoms with Gasteiger partial charge in [0.25, 0.3) is 0 Å². The average molecular weight is 493 g/mol. The lowest BCUT2D eigenvalue weighted by molar-refractivity contribution is 0.0729. The summed E-state index contributed by atoms with van der Waals surface area (Å²) in [7, 11) is 0. The van der Waals surface area contributed by atoms with Crippen molar-refractivity contribution in [2.45, 2.75) is 77.0 Å². The van der Waals surface area contributed by atoms with Crippen molar-refractivity contribution in [2.75, 3.05) is 0 Å². The quantitative estimate of drug-likeness (QED) is 0.198. The predicted octanol–water partition coefficient (Wildman–Crippen LogP) is 8.96. The maximum Gasteiger partial charge on any atom is 0.346 e. The molecule has 0 amide bonds. The Labute approximate surface area is 214 Å². The fourth-order valence-electron chi connectivity index (χ4n) is 6.22. The van der Waals surface area contributed by atoms with Gasteiger partial charge < -0.3 is 4.74 Å². The summed E-state index contributed by atoms with van der Waals surface area (Å²) in [4.78, 5) is 12.6. The summed E-state index contributed by atoms with van der Waals surface area (Å²) in [6, 6.07) is 9.26. The van der Waals surface area contributed by atoms with Crippen molar-refractivity contribution in [3.05, 3.63) is 89.5 Å². The molecule has 0 aliphatic heterocycles. The van der Waals surface area contributed by atoms with Crippen LogP contribution in [0.5, 0.6) is 5.75 Å². The van der Waals surface area contributed by atoms with Gasteiger partial charge >= 0.3 is 5.97 Å². The number of fused-ring (bicyclic) bond motifs is 1. The second kappa shape index (κ2) is 12.5. The Morgan fingerprint density at radius 2 is 1.81 bits per heavy atom. The Hall–Kier alpha value is -2.75. The van der Waals surface area contributed by atoms with Crippen molar-refractivity contribution in [3.63, 3.8) is 0 Å². The van der Waals surface area contributed by atoms with Gasteiger partial charge in [0.2, 0.25) is 0 Å². The SMILES string of the molecule is C=CCCC1CCC2CC(c3ccc(C(=O)Oc4ccc(CC/C=C/C)c(F)c4)c(F)c3)CCC2C1. The zero-order valence-corrected chi connectivity index (χ0v) is 21.4. The van der Waals surface area contributed by atoms with E-state index < -0.39 is 17.6 Å². The first kappa shape index (κ1) is 26.3. The molecule has 4 rings (SSSR count). The van der Waals surface area contributed by atoms with Crippen LogP contribution >= 0.6 is 0 Å². The summed E-state index contributed by atoms with van der Waals surface area (Å²) >= 11 is 0. The van der Waals surface area contributed by atoms with E-state index in [-0.39, 0.29) is 11.3 Å². The monoisotopic (exact) mass is 492 g/mol. The number of hydrogen-bond donors (Lipinski definition) is 0. The maximum atomic E-state index is 15.0. The lowest BCUT2D eigenvalue weighted by atomic mass is 9.63. The molecule has 0 saturated heterocycles. The van der Waals surface area contributed by atoms with Crippen molar-refractivity contribution in [1.82, 2.24) is 0 Å². The second-order valence-corrected chi connectivity index (χ2v) is 10.6. The first-order valence-electron chi connectivity index (χ1n) is 13.5. The fourth-order valence-corrected chi connectivity index (χ4v) is 6.22. The highest BCUT2D eigenvalue weighted by Gasteiger charge is 2.36. The van der Waals surface area contributed by atoms with E-state index in [4.69, 9.17) is 4.74 Å². The van der Waals surface area contributed by atoms with Gasteiger partial charge in [0.1, 0.15) is 17.4 Å². The van der Waals surface area contributed by atoms with Crippen LogP contribution in [0.3, 0.4) is 0 Å². The highest BCUT2D eigenvalue weighted by molar-refractivity contribution is 5.91. The largest absolute Gasteiger partial charge is 0.423 e. The third-order valence-electron chi connectivity index (χ3n) is 8.24. The van der Waals surface area contributed by atoms with Gasteiger partial charge in [-0.05, 0) is 118 Å². The standard InChI is InChI=1S/C32H38F2O2/c1-3-5-7-9-23-14-16-28(21-30(23)33)36-32(35)29-17-15-27(20-31(29)34)26-13-12-24-18-22(8-6-4-2)10-11-25(24)19-26/h3-5,14-17,20-22,24-26H,2,6-13,18-19H2,1H3/b5-3+. The molecule has 2 aromatic carbocycles. The Morgan fingerprint density at radius 1 is 1.00 bits per heavy atom. The van der Waals surface area contributed by atoms with Gasteiger partial charge in [-0.2, -0.15) is 0 Å². The van der Waals surface area contributed by atoms with Crippen LogP contribution in [0.4, 0.5) is 8.78 Å². The molecular weight excluding hydrogens is 454 g/mol. The summed E-state index contributed by atoms with van der Waals surface area (Å²) in [5.41, 5.74) is 1.41. The van der Waals surface area contributed by atoms with Crippen molar-refractivity contribution < 1.29 is 18.3 Å². The minimum absolute atomic E-state index is 0.0813. The Kier molecular flexibility index (Phi) is 9.12. The van der Waals surface area contributed by atoms with Gasteiger partial charge in [-0.25, -0.2) is 13.6 Å². The van der Waals surface area contributed by atoms with Crippen LogP contribution in [0.1, 0.15) is 92.1 Å². The van der Waals surface area contributed by atoms with Crippen molar-refractivity contribution >= 4 is 5.97 Å². The number of rotatable bonds is 9. The van der Waals surface area contributed by atoms with Crippen LogP contribution in [-0.2, 0) is 6.42 Å². The van der Waals surface area contributed by atoms with Crippen molar-refractivity contribution in [1.29, 1.82) is 0 Å². The molecule has 2 aromatic rings. The molecule has 2 aliphatic carbocycles. The lowest BCUT2D eigenvalue weighted by Crippen LogP contribution is -2.30. The smallest absolute Gasteiger partial charge is 0.346 e. The van der Waals surface area contributed by atoms with E-state index in [0.29, 0.717) is 23.8 Å². The molecule has 2 nitrogen and oxygen atoms in total. The van der Waals surface area contributed by atoms with E-state index in [1.165, 1.54) is 50.3 Å². The minimum atomic E-state index is -0.804. The molecule has 36 heavy (non-hydrogen) atoms. The van der Waals surface area contributed by atoms with Gasteiger partial charge in [0, 0.05) is 6.07 Å². The molecule has 0 radical (unpaired) electrons. The van der Waals surface area contributed by atoms with Crippen LogP contribution in [0.15, 0.2) is 61.2 Å². The third-order valence-corrected chi connectivity index (χ3v) is 8.24. The first-order chi connectivity index (χ1) is 17.5. The number of hydrogen-bond acceptors (Lipinski definition) is 2. The van der Waals surface area contributed by atoms with Gasteiger partial charge in [-0.3, -0.25) is 0 Å². The normalized spacial score (nSPS) is 23.9. The van der Waals surface area contributed by atoms with Gasteiger partial charge in [-0.15, -0.1) is 6.58 Å². The summed E-state index contributed by atoms with van der Waals surface area (Å²) in [6.45, 7) is 5.78. The molecule has 4 atom stereocenters. The number of carbonyl (C=O) groups is 1.